The van der Waals surface area contributed by atoms with Crippen molar-refractivity contribution in [1.29, 1.82) is 0 Å². The number of carbonyl (C=O) groups excluding carboxylic acids is 2. The first-order valence-electron chi connectivity index (χ1n) is 4.29. The zero-order valence-electron chi connectivity index (χ0n) is 7.50. The molecule has 72 valence electrons. The number of hydrogen-bond acceptors (Lipinski definition) is 3. The monoisotopic (exact) mass is 200 g/mol. The van der Waals surface area contributed by atoms with Crippen molar-refractivity contribution in [3.63, 3.8) is 0 Å². The molecule has 1 aliphatic carbocycles. The van der Waals surface area contributed by atoms with Gasteiger partial charge in [0.1, 0.15) is 6.54 Å². The standard InChI is InChI=1S/C8H12N2O2S/c1-13-8(2-3-8)5-10-4-6(11)9-7(10)12/h2-5H2,1H3,(H,9,11,12). The summed E-state index contributed by atoms with van der Waals surface area (Å²) in [6, 6.07) is -0.231. The van der Waals surface area contributed by atoms with Gasteiger partial charge in [-0.2, -0.15) is 11.8 Å². The molecule has 1 heterocycles. The van der Waals surface area contributed by atoms with E-state index in [1.807, 2.05) is 0 Å². The van der Waals surface area contributed by atoms with Gasteiger partial charge < -0.3 is 4.90 Å². The molecule has 0 atom stereocenters. The molecule has 5 heteroatoms. The summed E-state index contributed by atoms with van der Waals surface area (Å²) < 4.78 is 0.252. The predicted octanol–water partition coefficient (Wildman–Crippen LogP) is 0.434. The van der Waals surface area contributed by atoms with E-state index in [1.54, 1.807) is 16.7 Å². The van der Waals surface area contributed by atoms with Crippen molar-refractivity contribution < 1.29 is 9.59 Å². The van der Waals surface area contributed by atoms with Crippen LogP contribution in [0.5, 0.6) is 0 Å². The van der Waals surface area contributed by atoms with Crippen LogP contribution in [0.15, 0.2) is 0 Å². The summed E-state index contributed by atoms with van der Waals surface area (Å²) in [5, 5.41) is 2.28. The molecule has 4 nitrogen and oxygen atoms in total. The number of nitrogens with zero attached hydrogens (tertiary/aromatic N) is 1. The Morgan fingerprint density at radius 3 is 2.62 bits per heavy atom. The maximum absolute atomic E-state index is 11.2. The van der Waals surface area contributed by atoms with Crippen LogP contribution in [0.25, 0.3) is 0 Å². The molecule has 0 radical (unpaired) electrons. The number of urea groups is 1. The summed E-state index contributed by atoms with van der Waals surface area (Å²) in [6.45, 7) is 0.951. The first-order valence-corrected chi connectivity index (χ1v) is 5.52. The van der Waals surface area contributed by atoms with Gasteiger partial charge in [-0.15, -0.1) is 0 Å². The van der Waals surface area contributed by atoms with Crippen molar-refractivity contribution in [2.45, 2.75) is 17.6 Å². The molecule has 0 aromatic carbocycles. The summed E-state index contributed by atoms with van der Waals surface area (Å²) in [4.78, 5) is 23.7. The van der Waals surface area contributed by atoms with E-state index in [0.29, 0.717) is 6.54 Å². The number of rotatable bonds is 3. The van der Waals surface area contributed by atoms with Crippen molar-refractivity contribution in [2.75, 3.05) is 19.3 Å². The van der Waals surface area contributed by atoms with Crippen LogP contribution in [-0.4, -0.2) is 40.9 Å². The van der Waals surface area contributed by atoms with Crippen molar-refractivity contribution in [3.05, 3.63) is 0 Å². The summed E-state index contributed by atoms with van der Waals surface area (Å²) in [6.07, 6.45) is 4.38. The normalized spacial score (nSPS) is 24.8. The van der Waals surface area contributed by atoms with Gasteiger partial charge in [0, 0.05) is 11.3 Å². The Labute approximate surface area is 81.0 Å². The molecule has 0 aromatic rings. The second kappa shape index (κ2) is 2.90. The lowest BCUT2D eigenvalue weighted by molar-refractivity contribution is -0.118. The SMILES string of the molecule is CSC1(CN2CC(=O)NC2=O)CC1. The average molecular weight is 200 g/mol. The molecule has 2 fully saturated rings. The van der Waals surface area contributed by atoms with E-state index in [9.17, 15) is 9.59 Å². The van der Waals surface area contributed by atoms with Crippen LogP contribution >= 0.6 is 11.8 Å². The molecule has 1 N–H and O–H groups in total. The fourth-order valence-corrected chi connectivity index (χ4v) is 2.32. The van der Waals surface area contributed by atoms with Gasteiger partial charge in [0.15, 0.2) is 0 Å². The van der Waals surface area contributed by atoms with Crippen LogP contribution in [0, 0.1) is 0 Å². The quantitative estimate of drug-likeness (QED) is 0.672. The van der Waals surface area contributed by atoms with Gasteiger partial charge in [-0.25, -0.2) is 4.79 Å². The van der Waals surface area contributed by atoms with Gasteiger partial charge in [-0.1, -0.05) is 0 Å². The lowest BCUT2D eigenvalue weighted by atomic mass is 10.4. The fourth-order valence-electron chi connectivity index (χ4n) is 1.52. The van der Waals surface area contributed by atoms with Gasteiger partial charge >= 0.3 is 6.03 Å². The van der Waals surface area contributed by atoms with Crippen molar-refractivity contribution in [3.8, 4) is 0 Å². The molecule has 2 aliphatic rings. The lowest BCUT2D eigenvalue weighted by Gasteiger charge is -2.19. The van der Waals surface area contributed by atoms with Crippen LogP contribution in [0.1, 0.15) is 12.8 Å². The van der Waals surface area contributed by atoms with Gasteiger partial charge in [0.2, 0.25) is 5.91 Å². The number of nitrogens with one attached hydrogen (secondary N) is 1. The molecule has 1 saturated carbocycles. The first-order chi connectivity index (χ1) is 6.15. The maximum atomic E-state index is 11.2. The van der Waals surface area contributed by atoms with Gasteiger partial charge in [-0.05, 0) is 19.1 Å². The van der Waals surface area contributed by atoms with Crippen LogP contribution in [0.2, 0.25) is 0 Å². The Balaban J connectivity index is 1.95. The first kappa shape index (κ1) is 8.87. The van der Waals surface area contributed by atoms with Gasteiger partial charge in [-0.3, -0.25) is 10.1 Å². The van der Waals surface area contributed by atoms with Crippen LogP contribution < -0.4 is 5.32 Å². The third kappa shape index (κ3) is 1.65. The summed E-state index contributed by atoms with van der Waals surface area (Å²) >= 11 is 1.80. The maximum Gasteiger partial charge on any atom is 0.324 e. The Kier molecular flexibility index (Phi) is 1.98. The molecule has 1 saturated heterocycles. The Hall–Kier alpha value is -0.710. The molecule has 13 heavy (non-hydrogen) atoms. The van der Waals surface area contributed by atoms with E-state index in [0.717, 1.165) is 12.8 Å². The highest BCUT2D eigenvalue weighted by atomic mass is 32.2. The van der Waals surface area contributed by atoms with Crippen molar-refractivity contribution >= 4 is 23.7 Å². The van der Waals surface area contributed by atoms with Crippen LogP contribution in [0.4, 0.5) is 4.79 Å². The van der Waals surface area contributed by atoms with E-state index in [-0.39, 0.29) is 23.2 Å². The lowest BCUT2D eigenvalue weighted by Crippen LogP contribution is -2.34. The van der Waals surface area contributed by atoms with E-state index in [1.165, 1.54) is 0 Å². The minimum Gasteiger partial charge on any atom is -0.314 e. The molecule has 1 aliphatic heterocycles. The average Bonchev–Trinajstić information content (AvgIpc) is 2.77. The topological polar surface area (TPSA) is 49.4 Å². The Morgan fingerprint density at radius 2 is 2.23 bits per heavy atom. The second-order valence-electron chi connectivity index (χ2n) is 3.60. The van der Waals surface area contributed by atoms with E-state index in [4.69, 9.17) is 0 Å². The Bertz CT molecular complexity index is 263. The third-order valence-electron chi connectivity index (χ3n) is 2.59. The number of hydrogen-bond donors (Lipinski definition) is 1. The smallest absolute Gasteiger partial charge is 0.314 e. The summed E-state index contributed by atoms with van der Waals surface area (Å²) in [5.41, 5.74) is 0. The molecule has 0 bridgehead atoms. The summed E-state index contributed by atoms with van der Waals surface area (Å²) in [5.74, 6) is -0.179. The van der Waals surface area contributed by atoms with E-state index in [2.05, 4.69) is 11.6 Å². The molecule has 2 rings (SSSR count). The number of imide groups is 1. The molecular weight excluding hydrogens is 188 g/mol. The van der Waals surface area contributed by atoms with E-state index < -0.39 is 0 Å². The van der Waals surface area contributed by atoms with Gasteiger partial charge in [0.25, 0.3) is 0 Å². The van der Waals surface area contributed by atoms with Crippen molar-refractivity contribution in [1.82, 2.24) is 10.2 Å². The predicted molar refractivity (Wildman–Crippen MR) is 50.6 cm³/mol. The molecule has 0 aromatic heterocycles. The van der Waals surface area contributed by atoms with Crippen LogP contribution in [-0.2, 0) is 4.79 Å². The Morgan fingerprint density at radius 1 is 1.54 bits per heavy atom. The van der Waals surface area contributed by atoms with Crippen LogP contribution in [0.3, 0.4) is 0 Å². The van der Waals surface area contributed by atoms with E-state index >= 15 is 0 Å². The second-order valence-corrected chi connectivity index (χ2v) is 4.87. The zero-order valence-corrected chi connectivity index (χ0v) is 8.32. The fraction of sp³-hybridized carbons (Fsp3) is 0.750. The molecule has 0 unspecified atom stereocenters. The highest BCUT2D eigenvalue weighted by Gasteiger charge is 2.45. The minimum absolute atomic E-state index is 0.179. The minimum atomic E-state index is -0.231. The summed E-state index contributed by atoms with van der Waals surface area (Å²) in [7, 11) is 0. The molecular formula is C8H12N2O2S. The van der Waals surface area contributed by atoms with Gasteiger partial charge in [0.05, 0.1) is 0 Å². The zero-order chi connectivity index (χ0) is 9.47. The number of carbonyl (C=O) groups is 2. The molecule has 0 spiro atoms. The van der Waals surface area contributed by atoms with Crippen molar-refractivity contribution in [2.24, 2.45) is 0 Å². The molecule has 3 amide bonds. The highest BCUT2D eigenvalue weighted by Crippen LogP contribution is 2.47. The number of thioether (sulfide) groups is 1. The third-order valence-corrected chi connectivity index (χ3v) is 3.99. The number of amides is 3. The largest absolute Gasteiger partial charge is 0.324 e. The highest BCUT2D eigenvalue weighted by molar-refractivity contribution is 8.00.